The second kappa shape index (κ2) is 8.33. The number of hydrogen-bond donors (Lipinski definition) is 1. The van der Waals surface area contributed by atoms with Gasteiger partial charge in [-0.2, -0.15) is 0 Å². The monoisotopic (exact) mass is 283 g/mol. The molecule has 0 fully saturated rings. The Balaban J connectivity index is 3.77. The summed E-state index contributed by atoms with van der Waals surface area (Å²) in [6.45, 7) is 7.62. The summed E-state index contributed by atoms with van der Waals surface area (Å²) in [6, 6.07) is 0. The van der Waals surface area contributed by atoms with Crippen molar-refractivity contribution in [3.63, 3.8) is 0 Å². The molecule has 0 aromatic carbocycles. The van der Waals surface area contributed by atoms with Gasteiger partial charge in [-0.3, -0.25) is 0 Å². The molecule has 0 aromatic heterocycles. The minimum absolute atomic E-state index is 0.184. The predicted octanol–water partition coefficient (Wildman–Crippen LogP) is 2.45. The SMILES string of the molecule is CCCS(=O)(=O)CCNCC(C)(C)CCCCl. The molecule has 0 aliphatic carbocycles. The molecule has 0 aliphatic heterocycles. The molecule has 0 saturated carbocycles. The van der Waals surface area contributed by atoms with Gasteiger partial charge in [-0.15, -0.1) is 11.6 Å². The van der Waals surface area contributed by atoms with Crippen molar-refractivity contribution in [3.8, 4) is 0 Å². The van der Waals surface area contributed by atoms with Crippen LogP contribution in [0.4, 0.5) is 0 Å². The van der Waals surface area contributed by atoms with Crippen molar-refractivity contribution in [3.05, 3.63) is 0 Å². The van der Waals surface area contributed by atoms with Gasteiger partial charge in [0.2, 0.25) is 0 Å². The number of halogens is 1. The van der Waals surface area contributed by atoms with Crippen molar-refractivity contribution in [2.24, 2.45) is 5.41 Å². The Bertz CT molecular complexity index is 289. The van der Waals surface area contributed by atoms with Gasteiger partial charge in [-0.1, -0.05) is 20.8 Å². The van der Waals surface area contributed by atoms with Crippen LogP contribution in [0.3, 0.4) is 0 Å². The summed E-state index contributed by atoms with van der Waals surface area (Å²) in [5.41, 5.74) is 0.184. The van der Waals surface area contributed by atoms with Crippen LogP contribution in [0.1, 0.15) is 40.0 Å². The van der Waals surface area contributed by atoms with E-state index in [1.54, 1.807) is 0 Å². The van der Waals surface area contributed by atoms with E-state index in [0.29, 0.717) is 24.6 Å². The molecule has 0 amide bonds. The smallest absolute Gasteiger partial charge is 0.151 e. The van der Waals surface area contributed by atoms with Crippen molar-refractivity contribution in [2.75, 3.05) is 30.5 Å². The molecule has 0 bridgehead atoms. The first-order valence-electron chi connectivity index (χ1n) is 6.30. The van der Waals surface area contributed by atoms with Gasteiger partial charge in [0.25, 0.3) is 0 Å². The fourth-order valence-electron chi connectivity index (χ4n) is 1.70. The Morgan fingerprint density at radius 1 is 1.24 bits per heavy atom. The van der Waals surface area contributed by atoms with Crippen molar-refractivity contribution in [1.29, 1.82) is 0 Å². The van der Waals surface area contributed by atoms with E-state index in [2.05, 4.69) is 19.2 Å². The predicted molar refractivity (Wildman–Crippen MR) is 75.5 cm³/mol. The molecule has 0 rings (SSSR count). The first kappa shape index (κ1) is 17.2. The molecule has 0 heterocycles. The molecule has 0 atom stereocenters. The second-order valence-corrected chi connectivity index (χ2v) is 7.97. The fourth-order valence-corrected chi connectivity index (χ4v) is 3.12. The van der Waals surface area contributed by atoms with Crippen molar-refractivity contribution >= 4 is 21.4 Å². The average Bonchev–Trinajstić information content (AvgIpc) is 2.22. The molecule has 0 aliphatic rings. The topological polar surface area (TPSA) is 46.2 Å². The lowest BCUT2D eigenvalue weighted by atomic mass is 9.88. The van der Waals surface area contributed by atoms with Gasteiger partial charge in [-0.05, 0) is 24.7 Å². The normalized spacial score (nSPS) is 12.9. The molecule has 104 valence electrons. The first-order valence-corrected chi connectivity index (χ1v) is 8.66. The van der Waals surface area contributed by atoms with E-state index < -0.39 is 9.84 Å². The van der Waals surface area contributed by atoms with Gasteiger partial charge in [0.05, 0.1) is 5.75 Å². The highest BCUT2D eigenvalue weighted by atomic mass is 35.5. The van der Waals surface area contributed by atoms with Gasteiger partial charge in [0.1, 0.15) is 0 Å². The van der Waals surface area contributed by atoms with Gasteiger partial charge in [0, 0.05) is 24.7 Å². The second-order valence-electron chi connectivity index (χ2n) is 5.29. The Morgan fingerprint density at radius 2 is 1.88 bits per heavy atom. The Kier molecular flexibility index (Phi) is 8.43. The summed E-state index contributed by atoms with van der Waals surface area (Å²) in [5.74, 6) is 1.23. The van der Waals surface area contributed by atoms with E-state index in [4.69, 9.17) is 11.6 Å². The van der Waals surface area contributed by atoms with Crippen LogP contribution in [0.2, 0.25) is 0 Å². The fraction of sp³-hybridized carbons (Fsp3) is 1.00. The minimum Gasteiger partial charge on any atom is -0.315 e. The summed E-state index contributed by atoms with van der Waals surface area (Å²) < 4.78 is 22.9. The summed E-state index contributed by atoms with van der Waals surface area (Å²) in [4.78, 5) is 0. The zero-order chi connectivity index (χ0) is 13.4. The van der Waals surface area contributed by atoms with Crippen LogP contribution in [-0.4, -0.2) is 38.9 Å². The molecule has 5 heteroatoms. The first-order chi connectivity index (χ1) is 7.83. The number of rotatable bonds is 10. The summed E-state index contributed by atoms with van der Waals surface area (Å²) in [7, 11) is -2.85. The molecular formula is C12H26ClNO2S. The molecule has 3 nitrogen and oxygen atoms in total. The standard InChI is InChI=1S/C12H26ClNO2S/c1-4-9-17(15,16)10-8-14-11-12(2,3)6-5-7-13/h14H,4-11H2,1-3H3. The largest absolute Gasteiger partial charge is 0.315 e. The third kappa shape index (κ3) is 9.86. The maximum absolute atomic E-state index is 11.5. The maximum atomic E-state index is 11.5. The molecule has 0 aromatic rings. The molecule has 1 N–H and O–H groups in total. The van der Waals surface area contributed by atoms with E-state index in [1.165, 1.54) is 0 Å². The van der Waals surface area contributed by atoms with Gasteiger partial charge in [0.15, 0.2) is 9.84 Å². The van der Waals surface area contributed by atoms with Crippen LogP contribution in [0, 0.1) is 5.41 Å². The zero-order valence-corrected chi connectivity index (χ0v) is 12.8. The number of alkyl halides is 1. The number of nitrogens with one attached hydrogen (secondary N) is 1. The number of hydrogen-bond acceptors (Lipinski definition) is 3. The summed E-state index contributed by atoms with van der Waals surface area (Å²) in [5, 5.41) is 3.23. The van der Waals surface area contributed by atoms with Crippen LogP contribution >= 0.6 is 11.6 Å². The molecule has 0 spiro atoms. The quantitative estimate of drug-likeness (QED) is 0.495. The van der Waals surface area contributed by atoms with Crippen LogP contribution in [0.5, 0.6) is 0 Å². The summed E-state index contributed by atoms with van der Waals surface area (Å²) in [6.07, 6.45) is 2.76. The zero-order valence-electron chi connectivity index (χ0n) is 11.3. The third-order valence-electron chi connectivity index (χ3n) is 2.70. The highest BCUT2D eigenvalue weighted by molar-refractivity contribution is 7.91. The average molecular weight is 284 g/mol. The Labute approximate surface area is 111 Å². The minimum atomic E-state index is -2.85. The lowest BCUT2D eigenvalue weighted by molar-refractivity contribution is 0.315. The van der Waals surface area contributed by atoms with Crippen LogP contribution in [0.25, 0.3) is 0 Å². The maximum Gasteiger partial charge on any atom is 0.151 e. The van der Waals surface area contributed by atoms with E-state index in [1.807, 2.05) is 6.92 Å². The highest BCUT2D eigenvalue weighted by Crippen LogP contribution is 2.21. The number of sulfone groups is 1. The Hall–Kier alpha value is 0.200. The third-order valence-corrected chi connectivity index (χ3v) is 4.82. The lowest BCUT2D eigenvalue weighted by Gasteiger charge is -2.24. The van der Waals surface area contributed by atoms with Gasteiger partial charge >= 0.3 is 0 Å². The molecular weight excluding hydrogens is 258 g/mol. The van der Waals surface area contributed by atoms with Crippen LogP contribution in [-0.2, 0) is 9.84 Å². The van der Waals surface area contributed by atoms with Crippen molar-refractivity contribution in [1.82, 2.24) is 5.32 Å². The van der Waals surface area contributed by atoms with Gasteiger partial charge in [-0.25, -0.2) is 8.42 Å². The van der Waals surface area contributed by atoms with E-state index in [0.717, 1.165) is 19.4 Å². The van der Waals surface area contributed by atoms with E-state index in [-0.39, 0.29) is 11.2 Å². The van der Waals surface area contributed by atoms with Crippen molar-refractivity contribution < 1.29 is 8.42 Å². The van der Waals surface area contributed by atoms with Crippen LogP contribution < -0.4 is 5.32 Å². The molecule has 0 radical (unpaired) electrons. The van der Waals surface area contributed by atoms with Crippen LogP contribution in [0.15, 0.2) is 0 Å². The van der Waals surface area contributed by atoms with Gasteiger partial charge < -0.3 is 5.32 Å². The summed E-state index contributed by atoms with van der Waals surface area (Å²) >= 11 is 5.66. The van der Waals surface area contributed by atoms with E-state index >= 15 is 0 Å². The Morgan fingerprint density at radius 3 is 2.41 bits per heavy atom. The molecule has 17 heavy (non-hydrogen) atoms. The lowest BCUT2D eigenvalue weighted by Crippen LogP contribution is -2.33. The van der Waals surface area contributed by atoms with E-state index in [9.17, 15) is 8.42 Å². The highest BCUT2D eigenvalue weighted by Gasteiger charge is 2.17. The van der Waals surface area contributed by atoms with Crippen molar-refractivity contribution in [2.45, 2.75) is 40.0 Å². The molecule has 0 unspecified atom stereocenters. The molecule has 0 saturated heterocycles.